The molecule has 1 aliphatic rings. The molecule has 0 saturated carbocycles. The molecule has 0 unspecified atom stereocenters. The van der Waals surface area contributed by atoms with Gasteiger partial charge in [-0.05, 0) is 42.3 Å². The van der Waals surface area contributed by atoms with Crippen molar-refractivity contribution in [2.75, 3.05) is 0 Å². The van der Waals surface area contributed by atoms with Gasteiger partial charge in [0.15, 0.2) is 5.82 Å². The van der Waals surface area contributed by atoms with Crippen molar-refractivity contribution in [3.63, 3.8) is 0 Å². The van der Waals surface area contributed by atoms with E-state index in [1.165, 1.54) is 11.1 Å². The van der Waals surface area contributed by atoms with Crippen LogP contribution in [0, 0.1) is 6.92 Å². The molecular weight excluding hydrogens is 296 g/mol. The Morgan fingerprint density at radius 2 is 1.95 bits per heavy atom. The van der Waals surface area contributed by atoms with Crippen molar-refractivity contribution in [3.05, 3.63) is 64.4 Å². The van der Waals surface area contributed by atoms with E-state index in [1.54, 1.807) is 0 Å². The van der Waals surface area contributed by atoms with Crippen molar-refractivity contribution in [2.45, 2.75) is 19.4 Å². The summed E-state index contributed by atoms with van der Waals surface area (Å²) in [5, 5.41) is 5.19. The van der Waals surface area contributed by atoms with Crippen LogP contribution >= 0.6 is 11.6 Å². The minimum atomic E-state index is 0.169. The van der Waals surface area contributed by atoms with Crippen molar-refractivity contribution in [3.8, 4) is 0 Å². The zero-order chi connectivity index (χ0) is 15.1. The Bertz CT molecular complexity index is 864. The Balaban J connectivity index is 1.59. The van der Waals surface area contributed by atoms with Crippen molar-refractivity contribution in [1.82, 2.24) is 15.4 Å². The quantitative estimate of drug-likeness (QED) is 0.752. The molecule has 0 spiro atoms. The molecule has 1 aromatic heterocycles. The smallest absolute Gasteiger partial charge is 0.154 e. The maximum Gasteiger partial charge on any atom is 0.154 e. The lowest BCUT2D eigenvalue weighted by Gasteiger charge is -2.09. The Labute approximate surface area is 133 Å². The minimum Gasteiger partial charge on any atom is -0.337 e. The van der Waals surface area contributed by atoms with Gasteiger partial charge in [-0.15, -0.1) is 0 Å². The largest absolute Gasteiger partial charge is 0.337 e. The topological polar surface area (TPSA) is 53.1 Å². The van der Waals surface area contributed by atoms with Gasteiger partial charge in [0.1, 0.15) is 5.71 Å². The Morgan fingerprint density at radius 3 is 2.77 bits per heavy atom. The fraction of sp³-hybridized carbons (Fsp3) is 0.176. The van der Waals surface area contributed by atoms with Crippen LogP contribution in [0.4, 0.5) is 0 Å². The second-order valence-electron chi connectivity index (χ2n) is 5.60. The fourth-order valence-corrected chi connectivity index (χ4v) is 2.86. The molecular formula is C17H15ClN4. The summed E-state index contributed by atoms with van der Waals surface area (Å²) < 4.78 is 0. The number of rotatable bonds is 2. The highest BCUT2D eigenvalue weighted by molar-refractivity contribution is 6.30. The first kappa shape index (κ1) is 13.3. The molecule has 0 saturated heterocycles. The Kier molecular flexibility index (Phi) is 3.12. The summed E-state index contributed by atoms with van der Waals surface area (Å²) in [6, 6.07) is 14.2. The van der Waals surface area contributed by atoms with Crippen LogP contribution in [-0.4, -0.2) is 15.7 Å². The summed E-state index contributed by atoms with van der Waals surface area (Å²) in [5.41, 5.74) is 8.55. The van der Waals surface area contributed by atoms with Crippen LogP contribution in [0.1, 0.15) is 29.4 Å². The predicted molar refractivity (Wildman–Crippen MR) is 89.3 cm³/mol. The van der Waals surface area contributed by atoms with E-state index in [4.69, 9.17) is 11.6 Å². The lowest BCUT2D eigenvalue weighted by Crippen LogP contribution is -2.09. The second-order valence-corrected chi connectivity index (χ2v) is 6.04. The van der Waals surface area contributed by atoms with Gasteiger partial charge < -0.3 is 10.4 Å². The third kappa shape index (κ3) is 2.35. The number of aryl methyl sites for hydroxylation is 1. The molecule has 1 atom stereocenters. The van der Waals surface area contributed by atoms with Crippen molar-refractivity contribution >= 4 is 28.3 Å². The van der Waals surface area contributed by atoms with Crippen LogP contribution in [0.15, 0.2) is 47.6 Å². The Hall–Kier alpha value is -2.33. The highest BCUT2D eigenvalue weighted by atomic mass is 35.5. The summed E-state index contributed by atoms with van der Waals surface area (Å²) in [7, 11) is 0. The number of H-pyrrole nitrogens is 1. The van der Waals surface area contributed by atoms with Gasteiger partial charge in [-0.3, -0.25) is 0 Å². The summed E-state index contributed by atoms with van der Waals surface area (Å²) in [6.07, 6.45) is 0.806. The molecule has 4 rings (SSSR count). The van der Waals surface area contributed by atoms with Crippen LogP contribution in [0.3, 0.4) is 0 Å². The number of aromatic amines is 1. The molecule has 0 aliphatic carbocycles. The van der Waals surface area contributed by atoms with E-state index >= 15 is 0 Å². The number of fused-ring (bicyclic) bond motifs is 1. The number of nitrogens with one attached hydrogen (secondary N) is 2. The number of nitrogens with zero attached hydrogens (tertiary/aromatic N) is 2. The summed E-state index contributed by atoms with van der Waals surface area (Å²) >= 11 is 5.94. The standard InChI is InChI=1S/C17H15ClN4/c1-10-2-7-13-15(8-10)20-17(19-13)16-9-14(21-22-16)11-3-5-12(18)6-4-11/h2-8,14,21H,9H2,1H3,(H,19,20)/t14-/m0/s1. The number of hydrogen-bond acceptors (Lipinski definition) is 3. The van der Waals surface area contributed by atoms with E-state index in [-0.39, 0.29) is 6.04 Å². The number of benzene rings is 2. The molecule has 0 amide bonds. The number of aromatic nitrogens is 2. The van der Waals surface area contributed by atoms with Crippen molar-refractivity contribution in [2.24, 2.45) is 5.10 Å². The van der Waals surface area contributed by atoms with Crippen LogP contribution < -0.4 is 5.43 Å². The maximum absolute atomic E-state index is 5.94. The zero-order valence-corrected chi connectivity index (χ0v) is 12.9. The van der Waals surface area contributed by atoms with Crippen LogP contribution in [0.5, 0.6) is 0 Å². The fourth-order valence-electron chi connectivity index (χ4n) is 2.74. The van der Waals surface area contributed by atoms with Crippen molar-refractivity contribution in [1.29, 1.82) is 0 Å². The van der Waals surface area contributed by atoms with Crippen LogP contribution in [0.2, 0.25) is 5.02 Å². The average Bonchev–Trinajstić information content (AvgIpc) is 3.13. The zero-order valence-electron chi connectivity index (χ0n) is 12.1. The first-order valence-corrected chi connectivity index (χ1v) is 7.61. The first-order valence-electron chi connectivity index (χ1n) is 7.23. The monoisotopic (exact) mass is 310 g/mol. The highest BCUT2D eigenvalue weighted by Crippen LogP contribution is 2.25. The number of halogens is 1. The molecule has 0 radical (unpaired) electrons. The maximum atomic E-state index is 5.94. The molecule has 2 N–H and O–H groups in total. The lowest BCUT2D eigenvalue weighted by molar-refractivity contribution is 0.620. The van der Waals surface area contributed by atoms with E-state index in [1.807, 2.05) is 30.3 Å². The molecule has 110 valence electrons. The van der Waals surface area contributed by atoms with Crippen LogP contribution in [-0.2, 0) is 0 Å². The molecule has 1 aliphatic heterocycles. The van der Waals surface area contributed by atoms with E-state index in [2.05, 4.69) is 39.6 Å². The molecule has 3 aromatic rings. The molecule has 0 fully saturated rings. The summed E-state index contributed by atoms with van der Waals surface area (Å²) in [4.78, 5) is 7.99. The molecule has 2 aromatic carbocycles. The third-order valence-electron chi connectivity index (χ3n) is 3.94. The van der Waals surface area contributed by atoms with E-state index in [9.17, 15) is 0 Å². The molecule has 0 bridgehead atoms. The van der Waals surface area contributed by atoms with Gasteiger partial charge in [0.05, 0.1) is 17.1 Å². The van der Waals surface area contributed by atoms with E-state index in [0.29, 0.717) is 0 Å². The number of hydrogen-bond donors (Lipinski definition) is 2. The van der Waals surface area contributed by atoms with Crippen molar-refractivity contribution < 1.29 is 0 Å². The second kappa shape index (κ2) is 5.14. The molecule has 4 nitrogen and oxygen atoms in total. The van der Waals surface area contributed by atoms with Gasteiger partial charge in [-0.1, -0.05) is 29.8 Å². The molecule has 22 heavy (non-hydrogen) atoms. The normalized spacial score (nSPS) is 17.5. The van der Waals surface area contributed by atoms with E-state index in [0.717, 1.165) is 34.0 Å². The van der Waals surface area contributed by atoms with Gasteiger partial charge in [-0.25, -0.2) is 4.98 Å². The van der Waals surface area contributed by atoms with Gasteiger partial charge >= 0.3 is 0 Å². The average molecular weight is 311 g/mol. The summed E-state index contributed by atoms with van der Waals surface area (Å²) in [6.45, 7) is 2.07. The SMILES string of the molecule is Cc1ccc2nc(C3=NN[C@H](c4ccc(Cl)cc4)C3)[nH]c2c1. The van der Waals surface area contributed by atoms with E-state index < -0.39 is 0 Å². The highest BCUT2D eigenvalue weighted by Gasteiger charge is 2.23. The summed E-state index contributed by atoms with van der Waals surface area (Å²) in [5.74, 6) is 0.838. The van der Waals surface area contributed by atoms with Gasteiger partial charge in [0.2, 0.25) is 0 Å². The number of imidazole rings is 1. The molecule has 2 heterocycles. The van der Waals surface area contributed by atoms with Crippen LogP contribution in [0.25, 0.3) is 11.0 Å². The number of hydrazone groups is 1. The lowest BCUT2D eigenvalue weighted by atomic mass is 10.0. The third-order valence-corrected chi connectivity index (χ3v) is 4.19. The Morgan fingerprint density at radius 1 is 1.14 bits per heavy atom. The van der Waals surface area contributed by atoms with Gasteiger partial charge in [-0.2, -0.15) is 5.10 Å². The minimum absolute atomic E-state index is 0.169. The molecule has 5 heteroatoms. The van der Waals surface area contributed by atoms with Gasteiger partial charge in [0.25, 0.3) is 0 Å². The predicted octanol–water partition coefficient (Wildman–Crippen LogP) is 3.96. The van der Waals surface area contributed by atoms with Gasteiger partial charge in [0, 0.05) is 11.4 Å². The first-order chi connectivity index (χ1) is 10.7.